The highest BCUT2D eigenvalue weighted by molar-refractivity contribution is 6.03. The Balaban J connectivity index is 1.81. The first kappa shape index (κ1) is 16.0. The van der Waals surface area contributed by atoms with Crippen molar-refractivity contribution < 1.29 is 18.7 Å². The molecule has 0 bridgehead atoms. The second-order valence-corrected chi connectivity index (χ2v) is 6.99. The van der Waals surface area contributed by atoms with Gasteiger partial charge in [0, 0.05) is 6.07 Å². The number of fused-ring (bicyclic) bond motifs is 3. The lowest BCUT2D eigenvalue weighted by Crippen LogP contribution is -2.16. The van der Waals surface area contributed by atoms with Gasteiger partial charge in [-0.2, -0.15) is 0 Å². The summed E-state index contributed by atoms with van der Waals surface area (Å²) in [5.74, 6) is 2.04. The van der Waals surface area contributed by atoms with Crippen molar-refractivity contribution in [2.24, 2.45) is 0 Å². The molecule has 0 N–H and O–H groups in total. The average Bonchev–Trinajstić information content (AvgIpc) is 2.98. The fourth-order valence-electron chi connectivity index (χ4n) is 3.77. The molecule has 0 saturated heterocycles. The quantitative estimate of drug-likeness (QED) is 0.556. The third-order valence-corrected chi connectivity index (χ3v) is 4.97. The fourth-order valence-corrected chi connectivity index (χ4v) is 3.77. The number of nitrogens with zero attached hydrogens (tertiary/aromatic N) is 1. The normalized spacial score (nSPS) is 15.2. The number of rotatable bonds is 1. The van der Waals surface area contributed by atoms with E-state index in [9.17, 15) is 4.79 Å². The summed E-state index contributed by atoms with van der Waals surface area (Å²) in [6.45, 7) is 4.48. The Kier molecular flexibility index (Phi) is 3.50. The Hall–Kier alpha value is -3.21. The minimum atomic E-state index is -0.385. The van der Waals surface area contributed by atoms with Gasteiger partial charge in [0.2, 0.25) is 5.88 Å². The smallest absolute Gasteiger partial charge is 0.345 e. The van der Waals surface area contributed by atoms with Crippen molar-refractivity contribution in [3.05, 3.63) is 64.9 Å². The van der Waals surface area contributed by atoms with Crippen LogP contribution < -0.4 is 14.4 Å². The molecule has 0 amide bonds. The molecule has 1 aromatic heterocycles. The number of hydrogen-bond donors (Lipinski definition) is 0. The Morgan fingerprint density at radius 3 is 2.81 bits per heavy atom. The van der Waals surface area contributed by atoms with Gasteiger partial charge in [0.1, 0.15) is 11.5 Å². The van der Waals surface area contributed by atoms with Crippen molar-refractivity contribution in [1.82, 2.24) is 0 Å². The summed E-state index contributed by atoms with van der Waals surface area (Å²) in [5, 5.41) is 0. The van der Waals surface area contributed by atoms with Crippen LogP contribution in [0.2, 0.25) is 0 Å². The van der Waals surface area contributed by atoms with E-state index in [-0.39, 0.29) is 5.97 Å². The number of para-hydroxylation sites is 1. The van der Waals surface area contributed by atoms with E-state index in [1.54, 1.807) is 6.07 Å². The van der Waals surface area contributed by atoms with E-state index in [0.29, 0.717) is 29.6 Å². The molecule has 5 heteroatoms. The number of anilines is 3. The highest BCUT2D eigenvalue weighted by Gasteiger charge is 2.33. The summed E-state index contributed by atoms with van der Waals surface area (Å²) in [4.78, 5) is 14.7. The highest BCUT2D eigenvalue weighted by Crippen LogP contribution is 2.50. The van der Waals surface area contributed by atoms with Gasteiger partial charge >= 0.3 is 5.97 Å². The number of esters is 1. The molecule has 0 atom stereocenters. The molecule has 5 rings (SSSR count). The van der Waals surface area contributed by atoms with Crippen LogP contribution in [0.25, 0.3) is 0 Å². The van der Waals surface area contributed by atoms with E-state index >= 15 is 0 Å². The van der Waals surface area contributed by atoms with Crippen LogP contribution in [-0.4, -0.2) is 12.6 Å². The van der Waals surface area contributed by atoms with Gasteiger partial charge in [-0.25, -0.2) is 4.79 Å². The van der Waals surface area contributed by atoms with Crippen LogP contribution in [0.3, 0.4) is 0 Å². The van der Waals surface area contributed by atoms with Crippen molar-refractivity contribution in [1.29, 1.82) is 0 Å². The minimum Gasteiger partial charge on any atom is -0.491 e. The Morgan fingerprint density at radius 1 is 1.04 bits per heavy atom. The van der Waals surface area contributed by atoms with Gasteiger partial charge in [0.25, 0.3) is 0 Å². The fraction of sp³-hybridized carbons (Fsp3) is 0.227. The van der Waals surface area contributed by atoms with Crippen LogP contribution in [0.4, 0.5) is 17.3 Å². The molecule has 0 fully saturated rings. The second-order valence-electron chi connectivity index (χ2n) is 6.99. The summed E-state index contributed by atoms with van der Waals surface area (Å²) in [6, 6.07) is 13.6. The molecule has 27 heavy (non-hydrogen) atoms. The van der Waals surface area contributed by atoms with Gasteiger partial charge in [0.15, 0.2) is 5.75 Å². The van der Waals surface area contributed by atoms with Gasteiger partial charge in [0.05, 0.1) is 23.5 Å². The van der Waals surface area contributed by atoms with Crippen LogP contribution in [0.15, 0.2) is 46.9 Å². The summed E-state index contributed by atoms with van der Waals surface area (Å²) in [7, 11) is 0. The molecule has 2 aliphatic heterocycles. The molecule has 0 spiro atoms. The SMILES string of the molecule is Cc1ccc2c(c1)C(=O)Oc1cc(C)oc1N2c1cccc2c1OCCC2. The standard InChI is InChI=1S/C22H19NO4/c1-13-8-9-17-16(11-13)22(24)27-19-12-14(2)26-21(19)23(17)18-7-3-5-15-6-4-10-25-20(15)18/h3,5,7-9,11-12H,4,6,10H2,1-2H3. The summed E-state index contributed by atoms with van der Waals surface area (Å²) in [6.07, 6.45) is 1.97. The monoisotopic (exact) mass is 361 g/mol. The Morgan fingerprint density at radius 2 is 1.93 bits per heavy atom. The molecule has 2 aromatic carbocycles. The van der Waals surface area contributed by atoms with E-state index in [1.807, 2.05) is 49.1 Å². The topological polar surface area (TPSA) is 51.9 Å². The maximum absolute atomic E-state index is 12.8. The molecule has 2 aliphatic rings. The molecule has 0 radical (unpaired) electrons. The van der Waals surface area contributed by atoms with Crippen LogP contribution in [0.1, 0.15) is 33.7 Å². The first-order valence-corrected chi connectivity index (χ1v) is 9.10. The lowest BCUT2D eigenvalue weighted by atomic mass is 10.0. The number of aryl methyl sites for hydroxylation is 3. The zero-order valence-electron chi connectivity index (χ0n) is 15.2. The van der Waals surface area contributed by atoms with Crippen molar-refractivity contribution in [3.8, 4) is 11.5 Å². The van der Waals surface area contributed by atoms with Gasteiger partial charge in [-0.15, -0.1) is 0 Å². The molecule has 0 saturated carbocycles. The number of furan rings is 1. The van der Waals surface area contributed by atoms with E-state index < -0.39 is 0 Å². The molecule has 136 valence electrons. The van der Waals surface area contributed by atoms with Gasteiger partial charge in [-0.05, 0) is 50.5 Å². The lowest BCUT2D eigenvalue weighted by Gasteiger charge is -2.28. The van der Waals surface area contributed by atoms with Crippen LogP contribution in [-0.2, 0) is 6.42 Å². The molecular formula is C22H19NO4. The Labute approximate surface area is 157 Å². The van der Waals surface area contributed by atoms with Crippen molar-refractivity contribution in [3.63, 3.8) is 0 Å². The van der Waals surface area contributed by atoms with E-state index in [2.05, 4.69) is 6.07 Å². The predicted octanol–water partition coefficient (Wildman–Crippen LogP) is 5.22. The summed E-state index contributed by atoms with van der Waals surface area (Å²) in [5.41, 5.74) is 4.24. The van der Waals surface area contributed by atoms with E-state index in [1.165, 1.54) is 0 Å². The molecule has 3 heterocycles. The zero-order chi connectivity index (χ0) is 18.5. The molecule has 5 nitrogen and oxygen atoms in total. The number of ether oxygens (including phenoxy) is 2. The maximum atomic E-state index is 12.8. The third kappa shape index (κ3) is 2.50. The molecule has 0 aliphatic carbocycles. The summed E-state index contributed by atoms with van der Waals surface area (Å²) < 4.78 is 17.6. The van der Waals surface area contributed by atoms with Crippen molar-refractivity contribution in [2.75, 3.05) is 11.5 Å². The zero-order valence-corrected chi connectivity index (χ0v) is 15.2. The first-order valence-electron chi connectivity index (χ1n) is 9.10. The van der Waals surface area contributed by atoms with E-state index in [0.717, 1.165) is 41.1 Å². The third-order valence-electron chi connectivity index (χ3n) is 4.97. The van der Waals surface area contributed by atoms with Crippen molar-refractivity contribution >= 4 is 23.2 Å². The molecular weight excluding hydrogens is 342 g/mol. The maximum Gasteiger partial charge on any atom is 0.345 e. The Bertz CT molecular complexity index is 1070. The molecule has 0 unspecified atom stereocenters. The largest absolute Gasteiger partial charge is 0.491 e. The summed E-state index contributed by atoms with van der Waals surface area (Å²) >= 11 is 0. The van der Waals surface area contributed by atoms with Crippen LogP contribution in [0, 0.1) is 13.8 Å². The molecule has 3 aromatic rings. The van der Waals surface area contributed by atoms with Gasteiger partial charge in [-0.1, -0.05) is 23.8 Å². The predicted molar refractivity (Wildman–Crippen MR) is 102 cm³/mol. The minimum absolute atomic E-state index is 0.385. The average molecular weight is 361 g/mol. The first-order chi connectivity index (χ1) is 13.1. The number of hydrogen-bond acceptors (Lipinski definition) is 5. The second kappa shape index (κ2) is 5.91. The van der Waals surface area contributed by atoms with Gasteiger partial charge in [-0.3, -0.25) is 4.90 Å². The number of carbonyl (C=O) groups is 1. The van der Waals surface area contributed by atoms with Crippen LogP contribution >= 0.6 is 0 Å². The highest BCUT2D eigenvalue weighted by atomic mass is 16.5. The van der Waals surface area contributed by atoms with E-state index in [4.69, 9.17) is 13.9 Å². The number of carbonyl (C=O) groups excluding carboxylic acids is 1. The lowest BCUT2D eigenvalue weighted by molar-refractivity contribution is 0.0738. The van der Waals surface area contributed by atoms with Gasteiger partial charge < -0.3 is 13.9 Å². The number of benzene rings is 2. The van der Waals surface area contributed by atoms with Crippen LogP contribution in [0.5, 0.6) is 11.5 Å². The van der Waals surface area contributed by atoms with Crippen molar-refractivity contribution in [2.45, 2.75) is 26.7 Å².